The number of carbonyl (C=O) groups excluding carboxylic acids is 1. The van der Waals surface area contributed by atoms with Crippen molar-refractivity contribution in [1.82, 2.24) is 5.32 Å². The summed E-state index contributed by atoms with van der Waals surface area (Å²) in [6.45, 7) is 4.27. The topological polar surface area (TPSA) is 29.1 Å². The summed E-state index contributed by atoms with van der Waals surface area (Å²) in [5, 5.41) is 2.82. The van der Waals surface area contributed by atoms with Gasteiger partial charge in [0, 0.05) is 13.5 Å². The average Bonchev–Trinajstić information content (AvgIpc) is 2.45. The number of aryl methyl sites for hydroxylation is 1. The van der Waals surface area contributed by atoms with Crippen LogP contribution in [0.25, 0.3) is 11.1 Å². The summed E-state index contributed by atoms with van der Waals surface area (Å²) in [4.78, 5) is 10.9. The van der Waals surface area contributed by atoms with E-state index < -0.39 is 0 Å². The van der Waals surface area contributed by atoms with Gasteiger partial charge in [-0.15, -0.1) is 0 Å². The van der Waals surface area contributed by atoms with Crippen molar-refractivity contribution in [2.75, 3.05) is 0 Å². The average molecular weight is 253 g/mol. The van der Waals surface area contributed by atoms with Crippen LogP contribution >= 0.6 is 0 Å². The van der Waals surface area contributed by atoms with E-state index in [0.29, 0.717) is 6.54 Å². The second kappa shape index (κ2) is 6.19. The molecule has 0 aromatic heterocycles. The lowest BCUT2D eigenvalue weighted by Crippen LogP contribution is -2.18. The molecular formula is C17H19NO. The Morgan fingerprint density at radius 1 is 1.00 bits per heavy atom. The van der Waals surface area contributed by atoms with Crippen LogP contribution in [0.15, 0.2) is 48.5 Å². The normalized spacial score (nSPS) is 10.2. The van der Waals surface area contributed by atoms with Crippen molar-refractivity contribution in [3.05, 3.63) is 59.7 Å². The number of hydrogen-bond donors (Lipinski definition) is 1. The molecule has 0 aliphatic carbocycles. The van der Waals surface area contributed by atoms with Crippen molar-refractivity contribution in [3.63, 3.8) is 0 Å². The van der Waals surface area contributed by atoms with Gasteiger partial charge >= 0.3 is 0 Å². The van der Waals surface area contributed by atoms with Gasteiger partial charge in [0.05, 0.1) is 0 Å². The van der Waals surface area contributed by atoms with E-state index in [9.17, 15) is 4.79 Å². The first-order valence-electron chi connectivity index (χ1n) is 6.61. The molecular weight excluding hydrogens is 234 g/mol. The number of rotatable bonds is 4. The van der Waals surface area contributed by atoms with E-state index in [1.165, 1.54) is 23.6 Å². The van der Waals surface area contributed by atoms with Gasteiger partial charge in [0.15, 0.2) is 0 Å². The quantitative estimate of drug-likeness (QED) is 0.887. The first-order chi connectivity index (χ1) is 9.19. The summed E-state index contributed by atoms with van der Waals surface area (Å²) in [6.07, 6.45) is 1.06. The molecule has 0 unspecified atom stereocenters. The zero-order valence-electron chi connectivity index (χ0n) is 11.4. The fourth-order valence-corrected chi connectivity index (χ4v) is 2.02. The van der Waals surface area contributed by atoms with Crippen molar-refractivity contribution in [3.8, 4) is 11.1 Å². The SMILES string of the molecule is CCc1ccc(-c2cccc(CNC(C)=O)c2)cc1. The number of hydrogen-bond acceptors (Lipinski definition) is 1. The molecule has 0 aliphatic heterocycles. The van der Waals surface area contributed by atoms with E-state index in [0.717, 1.165) is 12.0 Å². The van der Waals surface area contributed by atoms with Crippen molar-refractivity contribution >= 4 is 5.91 Å². The van der Waals surface area contributed by atoms with Gasteiger partial charge in [-0.1, -0.05) is 49.4 Å². The highest BCUT2D eigenvalue weighted by Gasteiger charge is 2.00. The smallest absolute Gasteiger partial charge is 0.217 e. The Morgan fingerprint density at radius 2 is 1.74 bits per heavy atom. The molecule has 0 bridgehead atoms. The van der Waals surface area contributed by atoms with E-state index >= 15 is 0 Å². The van der Waals surface area contributed by atoms with E-state index in [-0.39, 0.29) is 5.91 Å². The molecule has 2 heteroatoms. The highest BCUT2D eigenvalue weighted by molar-refractivity contribution is 5.73. The summed E-state index contributed by atoms with van der Waals surface area (Å²) >= 11 is 0. The third-order valence-electron chi connectivity index (χ3n) is 3.16. The van der Waals surface area contributed by atoms with Crippen LogP contribution in [0.4, 0.5) is 0 Å². The molecule has 2 aromatic rings. The Balaban J connectivity index is 2.19. The highest BCUT2D eigenvalue weighted by Crippen LogP contribution is 2.21. The van der Waals surface area contributed by atoms with Crippen LogP contribution < -0.4 is 5.32 Å². The molecule has 0 heterocycles. The predicted octanol–water partition coefficient (Wildman–Crippen LogP) is 3.55. The van der Waals surface area contributed by atoms with Gasteiger partial charge < -0.3 is 5.32 Å². The molecule has 1 N–H and O–H groups in total. The van der Waals surface area contributed by atoms with E-state index in [1.54, 1.807) is 0 Å². The first kappa shape index (κ1) is 13.3. The third kappa shape index (κ3) is 3.68. The molecule has 0 saturated heterocycles. The molecule has 2 rings (SSSR count). The van der Waals surface area contributed by atoms with Gasteiger partial charge in [0.2, 0.25) is 5.91 Å². The van der Waals surface area contributed by atoms with Gasteiger partial charge in [-0.3, -0.25) is 4.79 Å². The molecule has 1 amide bonds. The Bertz CT molecular complexity index is 558. The van der Waals surface area contributed by atoms with Crippen LogP contribution in [0.3, 0.4) is 0 Å². The van der Waals surface area contributed by atoms with Crippen molar-refractivity contribution in [2.24, 2.45) is 0 Å². The van der Waals surface area contributed by atoms with Gasteiger partial charge in [-0.25, -0.2) is 0 Å². The minimum atomic E-state index is -0.00213. The molecule has 2 aromatic carbocycles. The summed E-state index contributed by atoms with van der Waals surface area (Å²) in [7, 11) is 0. The van der Waals surface area contributed by atoms with Crippen molar-refractivity contribution < 1.29 is 4.79 Å². The lowest BCUT2D eigenvalue weighted by Gasteiger charge is -2.07. The second-order valence-electron chi connectivity index (χ2n) is 4.66. The highest BCUT2D eigenvalue weighted by atomic mass is 16.1. The first-order valence-corrected chi connectivity index (χ1v) is 6.61. The maximum Gasteiger partial charge on any atom is 0.217 e. The minimum Gasteiger partial charge on any atom is -0.352 e. The Morgan fingerprint density at radius 3 is 2.37 bits per heavy atom. The maximum absolute atomic E-state index is 10.9. The summed E-state index contributed by atoms with van der Waals surface area (Å²) in [6, 6.07) is 16.9. The molecule has 0 radical (unpaired) electrons. The van der Waals surface area contributed by atoms with Crippen molar-refractivity contribution in [1.29, 1.82) is 0 Å². The largest absolute Gasteiger partial charge is 0.352 e. The molecule has 0 aliphatic rings. The van der Waals surface area contributed by atoms with E-state index in [1.807, 2.05) is 12.1 Å². The summed E-state index contributed by atoms with van der Waals surface area (Å²) in [5.41, 5.74) is 4.86. The molecule has 2 nitrogen and oxygen atoms in total. The Kier molecular flexibility index (Phi) is 4.35. The van der Waals surface area contributed by atoms with Gasteiger partial charge in [0.25, 0.3) is 0 Å². The molecule has 0 spiro atoms. The second-order valence-corrected chi connectivity index (χ2v) is 4.66. The standard InChI is InChI=1S/C17H19NO/c1-3-14-7-9-16(10-8-14)17-6-4-5-15(11-17)12-18-13(2)19/h4-11H,3,12H2,1-2H3,(H,18,19). The molecule has 0 fully saturated rings. The number of amides is 1. The van der Waals surface area contributed by atoms with E-state index in [4.69, 9.17) is 0 Å². The van der Waals surface area contributed by atoms with Gasteiger partial charge in [-0.2, -0.15) is 0 Å². The Hall–Kier alpha value is -2.09. The lowest BCUT2D eigenvalue weighted by atomic mass is 10.0. The lowest BCUT2D eigenvalue weighted by molar-refractivity contribution is -0.119. The number of nitrogens with one attached hydrogen (secondary N) is 1. The van der Waals surface area contributed by atoms with Gasteiger partial charge in [-0.05, 0) is 34.7 Å². The monoisotopic (exact) mass is 253 g/mol. The third-order valence-corrected chi connectivity index (χ3v) is 3.16. The minimum absolute atomic E-state index is 0.00213. The Labute approximate surface area is 114 Å². The van der Waals surface area contributed by atoms with Crippen LogP contribution in [0.2, 0.25) is 0 Å². The molecule has 0 saturated carbocycles. The molecule has 0 atom stereocenters. The van der Waals surface area contributed by atoms with Crippen LogP contribution in [0.5, 0.6) is 0 Å². The number of carbonyl (C=O) groups is 1. The van der Waals surface area contributed by atoms with Crippen LogP contribution in [-0.2, 0) is 17.8 Å². The van der Waals surface area contributed by atoms with Crippen LogP contribution in [0, 0.1) is 0 Å². The molecule has 19 heavy (non-hydrogen) atoms. The number of benzene rings is 2. The fraction of sp³-hybridized carbons (Fsp3) is 0.235. The van der Waals surface area contributed by atoms with E-state index in [2.05, 4.69) is 48.6 Å². The summed E-state index contributed by atoms with van der Waals surface area (Å²) in [5.74, 6) is -0.00213. The zero-order valence-corrected chi connectivity index (χ0v) is 11.4. The maximum atomic E-state index is 10.9. The summed E-state index contributed by atoms with van der Waals surface area (Å²) < 4.78 is 0. The zero-order chi connectivity index (χ0) is 13.7. The van der Waals surface area contributed by atoms with Crippen LogP contribution in [-0.4, -0.2) is 5.91 Å². The van der Waals surface area contributed by atoms with Crippen molar-refractivity contribution in [2.45, 2.75) is 26.8 Å². The molecule has 98 valence electrons. The van der Waals surface area contributed by atoms with Gasteiger partial charge in [0.1, 0.15) is 0 Å². The fourth-order valence-electron chi connectivity index (χ4n) is 2.02. The predicted molar refractivity (Wildman–Crippen MR) is 78.8 cm³/mol. The van der Waals surface area contributed by atoms with Crippen LogP contribution in [0.1, 0.15) is 25.0 Å².